The van der Waals surface area contributed by atoms with E-state index in [4.69, 9.17) is 9.47 Å². The normalized spacial score (nSPS) is 12.6. The van der Waals surface area contributed by atoms with Crippen molar-refractivity contribution in [1.29, 1.82) is 0 Å². The van der Waals surface area contributed by atoms with Gasteiger partial charge in [0.25, 0.3) is 11.8 Å². The number of nitrogens with one attached hydrogen (secondary N) is 2. The molecule has 188 valence electrons. The van der Waals surface area contributed by atoms with Crippen molar-refractivity contribution < 1.29 is 19.1 Å². The molecule has 0 unspecified atom stereocenters. The molecule has 36 heavy (non-hydrogen) atoms. The van der Waals surface area contributed by atoms with Gasteiger partial charge in [0.05, 0.1) is 19.8 Å². The van der Waals surface area contributed by atoms with Gasteiger partial charge < -0.3 is 25.0 Å². The Kier molecular flexibility index (Phi) is 7.78. The van der Waals surface area contributed by atoms with Crippen molar-refractivity contribution in [3.8, 4) is 11.5 Å². The number of rotatable bonds is 8. The lowest BCUT2D eigenvalue weighted by atomic mass is 9.98. The van der Waals surface area contributed by atoms with Crippen LogP contribution in [0.2, 0.25) is 0 Å². The summed E-state index contributed by atoms with van der Waals surface area (Å²) in [5, 5.41) is 5.95. The first-order valence-corrected chi connectivity index (χ1v) is 12.2. The van der Waals surface area contributed by atoms with E-state index in [0.717, 1.165) is 25.2 Å². The number of carbonyl (C=O) groups excluding carboxylic acids is 2. The summed E-state index contributed by atoms with van der Waals surface area (Å²) in [5.74, 6) is 0.894. The van der Waals surface area contributed by atoms with Crippen LogP contribution in [0, 0.1) is 5.92 Å². The molecule has 0 saturated heterocycles. The molecular weight excluding hydrogens is 454 g/mol. The van der Waals surface area contributed by atoms with E-state index in [2.05, 4.69) is 47.6 Å². The maximum absolute atomic E-state index is 13.2. The van der Waals surface area contributed by atoms with Crippen molar-refractivity contribution in [2.45, 2.75) is 26.8 Å². The lowest BCUT2D eigenvalue weighted by Crippen LogP contribution is -2.34. The zero-order valence-corrected chi connectivity index (χ0v) is 21.3. The maximum atomic E-state index is 13.2. The maximum Gasteiger partial charge on any atom is 0.255 e. The molecule has 0 atom stereocenters. The molecule has 2 N–H and O–H groups in total. The molecule has 0 saturated carbocycles. The molecule has 4 rings (SSSR count). The van der Waals surface area contributed by atoms with E-state index in [1.165, 1.54) is 25.3 Å². The van der Waals surface area contributed by atoms with Gasteiger partial charge in [0.2, 0.25) is 0 Å². The molecule has 0 aromatic heterocycles. The van der Waals surface area contributed by atoms with Crippen molar-refractivity contribution >= 4 is 23.2 Å². The molecule has 3 aromatic rings. The van der Waals surface area contributed by atoms with E-state index in [1.807, 2.05) is 18.2 Å². The SMILES string of the molecule is COc1cc(OC)cc(C(=O)Nc2ccc(N3CCc4ccccc4C3)c(C(=O)NCC(C)C)c2)c1. The van der Waals surface area contributed by atoms with E-state index in [9.17, 15) is 9.59 Å². The number of methoxy groups -OCH3 is 2. The summed E-state index contributed by atoms with van der Waals surface area (Å²) in [5.41, 5.74) is 4.94. The molecule has 0 bridgehead atoms. The fourth-order valence-electron chi connectivity index (χ4n) is 4.31. The number of hydrogen-bond donors (Lipinski definition) is 2. The van der Waals surface area contributed by atoms with Crippen molar-refractivity contribution in [1.82, 2.24) is 5.32 Å². The monoisotopic (exact) mass is 487 g/mol. The van der Waals surface area contributed by atoms with Crippen LogP contribution in [0.3, 0.4) is 0 Å². The molecule has 7 heteroatoms. The second-order valence-electron chi connectivity index (χ2n) is 9.33. The van der Waals surface area contributed by atoms with Gasteiger partial charge in [-0.3, -0.25) is 9.59 Å². The Hall–Kier alpha value is -4.00. The first-order chi connectivity index (χ1) is 17.4. The molecule has 0 fully saturated rings. The minimum atomic E-state index is -0.319. The predicted octanol–water partition coefficient (Wildman–Crippen LogP) is 4.90. The molecule has 3 aromatic carbocycles. The summed E-state index contributed by atoms with van der Waals surface area (Å²) in [7, 11) is 3.08. The van der Waals surface area contributed by atoms with Crippen molar-refractivity contribution in [3.05, 3.63) is 82.9 Å². The fraction of sp³-hybridized carbons (Fsp3) is 0.310. The minimum Gasteiger partial charge on any atom is -0.497 e. The molecule has 0 spiro atoms. The summed E-state index contributed by atoms with van der Waals surface area (Å²) in [6, 6.07) is 18.9. The Morgan fingerprint density at radius 2 is 1.61 bits per heavy atom. The third kappa shape index (κ3) is 5.79. The lowest BCUT2D eigenvalue weighted by Gasteiger charge is -2.32. The molecular formula is C29H33N3O4. The largest absolute Gasteiger partial charge is 0.497 e. The Morgan fingerprint density at radius 3 is 2.28 bits per heavy atom. The van der Waals surface area contributed by atoms with E-state index in [0.29, 0.717) is 40.8 Å². The molecule has 1 aliphatic rings. The Balaban J connectivity index is 1.63. The fourth-order valence-corrected chi connectivity index (χ4v) is 4.31. The highest BCUT2D eigenvalue weighted by Crippen LogP contribution is 2.30. The van der Waals surface area contributed by atoms with Gasteiger partial charge in [0.15, 0.2) is 0 Å². The van der Waals surface area contributed by atoms with Gasteiger partial charge in [-0.25, -0.2) is 0 Å². The van der Waals surface area contributed by atoms with Gasteiger partial charge in [-0.2, -0.15) is 0 Å². The molecule has 2 amide bonds. The average molecular weight is 488 g/mol. The van der Waals surface area contributed by atoms with E-state index in [1.54, 1.807) is 24.3 Å². The van der Waals surface area contributed by atoms with Crippen LogP contribution < -0.4 is 25.0 Å². The summed E-state index contributed by atoms with van der Waals surface area (Å²) >= 11 is 0. The number of ether oxygens (including phenoxy) is 2. The highest BCUT2D eigenvalue weighted by Gasteiger charge is 2.22. The van der Waals surface area contributed by atoms with Crippen LogP contribution in [0.4, 0.5) is 11.4 Å². The highest BCUT2D eigenvalue weighted by molar-refractivity contribution is 6.06. The van der Waals surface area contributed by atoms with Gasteiger partial charge in [0.1, 0.15) is 11.5 Å². The van der Waals surface area contributed by atoms with Crippen LogP contribution in [0.25, 0.3) is 0 Å². The molecule has 1 aliphatic heterocycles. The lowest BCUT2D eigenvalue weighted by molar-refractivity contribution is 0.0948. The Labute approximate surface area is 212 Å². The van der Waals surface area contributed by atoms with Gasteiger partial charge in [-0.05, 0) is 53.8 Å². The number of amides is 2. The van der Waals surface area contributed by atoms with Crippen molar-refractivity contribution in [2.24, 2.45) is 5.92 Å². The molecule has 7 nitrogen and oxygen atoms in total. The van der Waals surface area contributed by atoms with Gasteiger partial charge >= 0.3 is 0 Å². The average Bonchev–Trinajstić information content (AvgIpc) is 2.90. The third-order valence-corrected chi connectivity index (χ3v) is 6.25. The second-order valence-corrected chi connectivity index (χ2v) is 9.33. The molecule has 0 radical (unpaired) electrons. The number of fused-ring (bicyclic) bond motifs is 1. The van der Waals surface area contributed by atoms with E-state index < -0.39 is 0 Å². The van der Waals surface area contributed by atoms with Crippen LogP contribution in [0.1, 0.15) is 45.7 Å². The van der Waals surface area contributed by atoms with Crippen LogP contribution >= 0.6 is 0 Å². The first-order valence-electron chi connectivity index (χ1n) is 12.2. The summed E-state index contributed by atoms with van der Waals surface area (Å²) < 4.78 is 10.6. The van der Waals surface area contributed by atoms with Crippen molar-refractivity contribution in [3.63, 3.8) is 0 Å². The Bertz CT molecular complexity index is 1230. The summed E-state index contributed by atoms with van der Waals surface area (Å²) in [4.78, 5) is 28.5. The van der Waals surface area contributed by atoms with Crippen LogP contribution in [0.15, 0.2) is 60.7 Å². The second kappa shape index (κ2) is 11.2. The summed E-state index contributed by atoms with van der Waals surface area (Å²) in [6.45, 7) is 6.23. The number of nitrogens with zero attached hydrogens (tertiary/aromatic N) is 1. The Morgan fingerprint density at radius 1 is 0.917 bits per heavy atom. The first kappa shape index (κ1) is 25.1. The van der Waals surface area contributed by atoms with E-state index >= 15 is 0 Å². The zero-order valence-electron chi connectivity index (χ0n) is 21.3. The zero-order chi connectivity index (χ0) is 25.7. The smallest absolute Gasteiger partial charge is 0.255 e. The van der Waals surface area contributed by atoms with Gasteiger partial charge in [-0.15, -0.1) is 0 Å². The topological polar surface area (TPSA) is 79.9 Å². The molecule has 0 aliphatic carbocycles. The third-order valence-electron chi connectivity index (χ3n) is 6.25. The standard InChI is InChI=1S/C29H33N3O4/c1-19(2)17-30-29(34)26-15-23(31-28(33)22-13-24(35-3)16-25(14-22)36-4)9-10-27(26)32-12-11-20-7-5-6-8-21(20)18-32/h5-10,13-16,19H,11-12,17-18H2,1-4H3,(H,30,34)(H,31,33). The van der Waals surface area contributed by atoms with Gasteiger partial charge in [-0.1, -0.05) is 38.1 Å². The van der Waals surface area contributed by atoms with Gasteiger partial charge in [0, 0.05) is 42.6 Å². The van der Waals surface area contributed by atoms with Crippen molar-refractivity contribution in [2.75, 3.05) is 37.5 Å². The van der Waals surface area contributed by atoms with Crippen LogP contribution in [-0.4, -0.2) is 39.1 Å². The predicted molar refractivity (Wildman–Crippen MR) is 142 cm³/mol. The number of anilines is 2. The van der Waals surface area contributed by atoms with E-state index in [-0.39, 0.29) is 11.8 Å². The minimum absolute atomic E-state index is 0.156. The van der Waals surface area contributed by atoms with Crippen LogP contribution in [-0.2, 0) is 13.0 Å². The number of carbonyl (C=O) groups is 2. The highest BCUT2D eigenvalue weighted by atomic mass is 16.5. The van der Waals surface area contributed by atoms with Crippen LogP contribution in [0.5, 0.6) is 11.5 Å². The summed E-state index contributed by atoms with van der Waals surface area (Å²) in [6.07, 6.45) is 0.916. The molecule has 1 heterocycles. The number of benzene rings is 3. The quantitative estimate of drug-likeness (QED) is 0.472. The number of hydrogen-bond acceptors (Lipinski definition) is 5.